The van der Waals surface area contributed by atoms with Gasteiger partial charge in [0.1, 0.15) is 11.5 Å². The highest BCUT2D eigenvalue weighted by molar-refractivity contribution is 6.36. The molecule has 0 aromatic heterocycles. The van der Waals surface area contributed by atoms with Gasteiger partial charge in [0.15, 0.2) is 0 Å². The van der Waals surface area contributed by atoms with Crippen LogP contribution in [0, 0.1) is 19.7 Å². The Hall–Kier alpha value is -3.94. The molecule has 174 valence electrons. The number of amides is 2. The van der Waals surface area contributed by atoms with Gasteiger partial charge in [-0.1, -0.05) is 42.5 Å². The van der Waals surface area contributed by atoms with Crippen molar-refractivity contribution in [2.45, 2.75) is 26.6 Å². The summed E-state index contributed by atoms with van der Waals surface area (Å²) in [6.07, 6.45) is -4.57. The lowest BCUT2D eigenvalue weighted by Crippen LogP contribution is -2.32. The van der Waals surface area contributed by atoms with Crippen LogP contribution in [0.25, 0.3) is 5.57 Å². The van der Waals surface area contributed by atoms with Gasteiger partial charge in [-0.3, -0.25) is 14.5 Å². The van der Waals surface area contributed by atoms with Crippen LogP contribution < -0.4 is 5.32 Å². The standard InChI is InChI=1S/C26H20F4N2O2/c1-15-10-11-17(12-16(15)2)22-23(31-20-8-5-7-19(13-20)26(28,29)30)25(34)32(24(22)33)14-18-6-3-4-9-21(18)27/h3-13,31H,14H2,1-2H3. The summed E-state index contributed by atoms with van der Waals surface area (Å²) in [4.78, 5) is 27.5. The van der Waals surface area contributed by atoms with E-state index in [1.165, 1.54) is 30.3 Å². The van der Waals surface area contributed by atoms with Gasteiger partial charge in [-0.25, -0.2) is 4.39 Å². The first-order valence-electron chi connectivity index (χ1n) is 10.4. The van der Waals surface area contributed by atoms with Gasteiger partial charge in [-0.05, 0) is 54.8 Å². The van der Waals surface area contributed by atoms with Crippen molar-refractivity contribution in [2.24, 2.45) is 0 Å². The van der Waals surface area contributed by atoms with E-state index in [9.17, 15) is 27.2 Å². The third kappa shape index (κ3) is 4.44. The zero-order valence-electron chi connectivity index (χ0n) is 18.3. The number of hydrogen-bond acceptors (Lipinski definition) is 3. The van der Waals surface area contributed by atoms with Crippen LogP contribution in [0.15, 0.2) is 72.4 Å². The highest BCUT2D eigenvalue weighted by Crippen LogP contribution is 2.35. The monoisotopic (exact) mass is 468 g/mol. The number of carbonyl (C=O) groups is 2. The summed E-state index contributed by atoms with van der Waals surface area (Å²) >= 11 is 0. The average Bonchev–Trinajstić information content (AvgIpc) is 3.01. The second-order valence-electron chi connectivity index (χ2n) is 8.04. The highest BCUT2D eigenvalue weighted by atomic mass is 19.4. The summed E-state index contributed by atoms with van der Waals surface area (Å²) in [6, 6.07) is 15.3. The Morgan fingerprint density at radius 3 is 2.26 bits per heavy atom. The van der Waals surface area contributed by atoms with Crippen molar-refractivity contribution in [1.29, 1.82) is 0 Å². The first-order chi connectivity index (χ1) is 16.1. The third-order valence-corrected chi connectivity index (χ3v) is 5.71. The van der Waals surface area contributed by atoms with Gasteiger partial charge >= 0.3 is 6.18 Å². The fourth-order valence-electron chi connectivity index (χ4n) is 3.71. The van der Waals surface area contributed by atoms with Gasteiger partial charge in [0.2, 0.25) is 0 Å². The average molecular weight is 468 g/mol. The van der Waals surface area contributed by atoms with Gasteiger partial charge in [-0.2, -0.15) is 13.2 Å². The summed E-state index contributed by atoms with van der Waals surface area (Å²) < 4.78 is 53.8. The molecule has 1 heterocycles. The predicted octanol–water partition coefficient (Wildman–Crippen LogP) is 5.85. The van der Waals surface area contributed by atoms with E-state index in [0.717, 1.165) is 28.2 Å². The molecule has 4 rings (SSSR count). The van der Waals surface area contributed by atoms with Crippen LogP contribution in [0.2, 0.25) is 0 Å². The Morgan fingerprint density at radius 1 is 0.853 bits per heavy atom. The SMILES string of the molecule is Cc1ccc(C2=C(Nc3cccc(C(F)(F)F)c3)C(=O)N(Cc3ccccc3F)C2=O)cc1C. The number of hydrogen-bond donors (Lipinski definition) is 1. The number of benzene rings is 3. The number of carbonyl (C=O) groups excluding carboxylic acids is 2. The number of nitrogens with zero attached hydrogens (tertiary/aromatic N) is 1. The van der Waals surface area contributed by atoms with E-state index in [-0.39, 0.29) is 29.1 Å². The van der Waals surface area contributed by atoms with Crippen molar-refractivity contribution in [3.8, 4) is 0 Å². The molecule has 0 atom stereocenters. The Balaban J connectivity index is 1.78. The van der Waals surface area contributed by atoms with Crippen molar-refractivity contribution in [3.05, 3.63) is 106 Å². The van der Waals surface area contributed by atoms with Gasteiger partial charge in [0.05, 0.1) is 17.7 Å². The van der Waals surface area contributed by atoms with Gasteiger partial charge < -0.3 is 5.32 Å². The maximum Gasteiger partial charge on any atom is 0.416 e. The minimum absolute atomic E-state index is 0.0000466. The molecular formula is C26H20F4N2O2. The van der Waals surface area contributed by atoms with Crippen LogP contribution in [-0.2, 0) is 22.3 Å². The van der Waals surface area contributed by atoms with Crippen molar-refractivity contribution >= 4 is 23.1 Å². The van der Waals surface area contributed by atoms with Crippen LogP contribution in [-0.4, -0.2) is 16.7 Å². The molecule has 3 aromatic rings. The summed E-state index contributed by atoms with van der Waals surface area (Å²) in [5.74, 6) is -1.99. The van der Waals surface area contributed by atoms with Crippen LogP contribution in [0.3, 0.4) is 0 Å². The lowest BCUT2D eigenvalue weighted by Gasteiger charge is -2.16. The quantitative estimate of drug-likeness (QED) is 0.377. The smallest absolute Gasteiger partial charge is 0.350 e. The fraction of sp³-hybridized carbons (Fsp3) is 0.154. The highest BCUT2D eigenvalue weighted by Gasteiger charge is 2.40. The van der Waals surface area contributed by atoms with Crippen molar-refractivity contribution in [3.63, 3.8) is 0 Å². The molecule has 0 bridgehead atoms. The maximum atomic E-state index is 14.2. The molecule has 2 amide bonds. The zero-order valence-corrected chi connectivity index (χ0v) is 18.3. The van der Waals surface area contributed by atoms with Gasteiger partial charge in [-0.15, -0.1) is 0 Å². The molecule has 4 nitrogen and oxygen atoms in total. The van der Waals surface area contributed by atoms with E-state index in [2.05, 4.69) is 5.32 Å². The summed E-state index contributed by atoms with van der Waals surface area (Å²) in [7, 11) is 0. The number of halogens is 4. The molecule has 0 radical (unpaired) electrons. The molecule has 0 spiro atoms. The van der Waals surface area contributed by atoms with Crippen molar-refractivity contribution in [1.82, 2.24) is 4.90 Å². The van der Waals surface area contributed by atoms with Gasteiger partial charge in [0, 0.05) is 11.3 Å². The lowest BCUT2D eigenvalue weighted by atomic mass is 9.99. The lowest BCUT2D eigenvalue weighted by molar-refractivity contribution is -0.138. The first kappa shape index (κ1) is 23.2. The summed E-state index contributed by atoms with van der Waals surface area (Å²) in [5, 5.41) is 2.72. The van der Waals surface area contributed by atoms with E-state index < -0.39 is 29.4 Å². The van der Waals surface area contributed by atoms with E-state index in [1.54, 1.807) is 24.3 Å². The maximum absolute atomic E-state index is 14.2. The summed E-state index contributed by atoms with van der Waals surface area (Å²) in [6.45, 7) is 3.42. The van der Waals surface area contributed by atoms with Crippen LogP contribution >= 0.6 is 0 Å². The molecule has 1 aliphatic heterocycles. The minimum Gasteiger partial charge on any atom is -0.350 e. The van der Waals surface area contributed by atoms with Crippen LogP contribution in [0.4, 0.5) is 23.2 Å². The molecule has 0 aliphatic carbocycles. The molecule has 34 heavy (non-hydrogen) atoms. The third-order valence-electron chi connectivity index (χ3n) is 5.71. The molecule has 0 unspecified atom stereocenters. The molecule has 3 aromatic carbocycles. The van der Waals surface area contributed by atoms with Crippen molar-refractivity contribution < 1.29 is 27.2 Å². The molecular weight excluding hydrogens is 448 g/mol. The minimum atomic E-state index is -4.57. The fourth-order valence-corrected chi connectivity index (χ4v) is 3.71. The molecule has 1 N–H and O–H groups in total. The molecule has 8 heteroatoms. The second-order valence-corrected chi connectivity index (χ2v) is 8.04. The molecule has 1 aliphatic rings. The van der Waals surface area contributed by atoms with E-state index in [0.29, 0.717) is 5.56 Å². The zero-order chi connectivity index (χ0) is 24.6. The normalized spacial score (nSPS) is 14.2. The number of imide groups is 1. The number of alkyl halides is 3. The number of rotatable bonds is 5. The summed E-state index contributed by atoms with van der Waals surface area (Å²) in [5.41, 5.74) is 1.38. The largest absolute Gasteiger partial charge is 0.416 e. The number of nitrogens with one attached hydrogen (secondary N) is 1. The van der Waals surface area contributed by atoms with E-state index >= 15 is 0 Å². The number of anilines is 1. The van der Waals surface area contributed by atoms with Crippen LogP contribution in [0.1, 0.15) is 27.8 Å². The predicted molar refractivity (Wildman–Crippen MR) is 120 cm³/mol. The van der Waals surface area contributed by atoms with Gasteiger partial charge in [0.25, 0.3) is 11.8 Å². The Labute approximate surface area is 193 Å². The number of aryl methyl sites for hydroxylation is 2. The second kappa shape index (κ2) is 8.78. The Kier molecular flexibility index (Phi) is 6.00. The molecule has 0 saturated heterocycles. The Morgan fingerprint density at radius 2 is 1.59 bits per heavy atom. The molecule has 0 fully saturated rings. The first-order valence-corrected chi connectivity index (χ1v) is 10.4. The molecule has 0 saturated carbocycles. The van der Waals surface area contributed by atoms with Crippen molar-refractivity contribution in [2.75, 3.05) is 5.32 Å². The topological polar surface area (TPSA) is 49.4 Å². The van der Waals surface area contributed by atoms with E-state index in [4.69, 9.17) is 0 Å². The Bertz CT molecular complexity index is 1330. The van der Waals surface area contributed by atoms with E-state index in [1.807, 2.05) is 13.8 Å². The van der Waals surface area contributed by atoms with Crippen LogP contribution in [0.5, 0.6) is 0 Å².